The van der Waals surface area contributed by atoms with Gasteiger partial charge in [-0.25, -0.2) is 0 Å². The fourth-order valence-corrected chi connectivity index (χ4v) is 2.54. The zero-order valence-corrected chi connectivity index (χ0v) is 13.8. The molecule has 5 nitrogen and oxygen atoms in total. The fraction of sp³-hybridized carbons (Fsp3) is 0.263. The van der Waals surface area contributed by atoms with E-state index in [1.807, 2.05) is 56.3 Å². The maximum atomic E-state index is 12.5. The van der Waals surface area contributed by atoms with Gasteiger partial charge >= 0.3 is 0 Å². The van der Waals surface area contributed by atoms with Crippen molar-refractivity contribution in [1.82, 2.24) is 10.3 Å². The SMILES string of the molecule is CCOc1ccc2c(c1)C=C(C(=O)N[C@@H](C)c1ccccn1)CO2. The molecular formula is C19H20N2O3. The van der Waals surface area contributed by atoms with E-state index >= 15 is 0 Å². The number of aromatic nitrogens is 1. The summed E-state index contributed by atoms with van der Waals surface area (Å²) >= 11 is 0. The Morgan fingerprint density at radius 2 is 2.25 bits per heavy atom. The first-order valence-electron chi connectivity index (χ1n) is 7.99. The zero-order valence-electron chi connectivity index (χ0n) is 13.8. The number of nitrogens with one attached hydrogen (secondary N) is 1. The molecule has 2 heterocycles. The van der Waals surface area contributed by atoms with E-state index < -0.39 is 0 Å². The van der Waals surface area contributed by atoms with Crippen LogP contribution in [0.5, 0.6) is 11.5 Å². The summed E-state index contributed by atoms with van der Waals surface area (Å²) in [6.07, 6.45) is 3.56. The monoisotopic (exact) mass is 324 g/mol. The second-order valence-corrected chi connectivity index (χ2v) is 5.54. The number of fused-ring (bicyclic) bond motifs is 1. The molecule has 1 aliphatic rings. The van der Waals surface area contributed by atoms with Crippen molar-refractivity contribution < 1.29 is 14.3 Å². The van der Waals surface area contributed by atoms with Gasteiger partial charge in [0.1, 0.15) is 18.1 Å². The van der Waals surface area contributed by atoms with Crippen molar-refractivity contribution >= 4 is 12.0 Å². The molecule has 1 aromatic heterocycles. The van der Waals surface area contributed by atoms with Gasteiger partial charge in [-0.2, -0.15) is 0 Å². The molecular weight excluding hydrogens is 304 g/mol. The summed E-state index contributed by atoms with van der Waals surface area (Å²) in [5.74, 6) is 1.37. The minimum Gasteiger partial charge on any atom is -0.494 e. The summed E-state index contributed by atoms with van der Waals surface area (Å²) in [5.41, 5.74) is 2.25. The van der Waals surface area contributed by atoms with Crippen LogP contribution in [0, 0.1) is 0 Å². The highest BCUT2D eigenvalue weighted by molar-refractivity contribution is 5.99. The van der Waals surface area contributed by atoms with Crippen LogP contribution in [0.25, 0.3) is 6.08 Å². The van der Waals surface area contributed by atoms with Crippen LogP contribution in [0.2, 0.25) is 0 Å². The molecule has 0 saturated heterocycles. The maximum Gasteiger partial charge on any atom is 0.251 e. The van der Waals surface area contributed by atoms with Crippen LogP contribution in [0.15, 0.2) is 48.2 Å². The lowest BCUT2D eigenvalue weighted by atomic mass is 10.1. The van der Waals surface area contributed by atoms with E-state index in [0.717, 1.165) is 22.8 Å². The standard InChI is InChI=1S/C19H20N2O3/c1-3-23-16-7-8-18-14(11-16)10-15(12-24-18)19(22)21-13(2)17-6-4-5-9-20-17/h4-11,13H,3,12H2,1-2H3,(H,21,22)/t13-/m0/s1. The number of benzene rings is 1. The van der Waals surface area contributed by atoms with Gasteiger partial charge in [0.25, 0.3) is 5.91 Å². The van der Waals surface area contributed by atoms with E-state index in [4.69, 9.17) is 9.47 Å². The molecule has 1 aliphatic heterocycles. The first-order chi connectivity index (χ1) is 11.7. The van der Waals surface area contributed by atoms with Gasteiger partial charge in [0, 0.05) is 11.8 Å². The molecule has 124 valence electrons. The van der Waals surface area contributed by atoms with Gasteiger partial charge in [-0.3, -0.25) is 9.78 Å². The molecule has 0 unspecified atom stereocenters. The largest absolute Gasteiger partial charge is 0.494 e. The van der Waals surface area contributed by atoms with E-state index in [0.29, 0.717) is 12.2 Å². The highest BCUT2D eigenvalue weighted by Gasteiger charge is 2.19. The second-order valence-electron chi connectivity index (χ2n) is 5.54. The molecule has 3 rings (SSSR count). The minimum absolute atomic E-state index is 0.152. The van der Waals surface area contributed by atoms with E-state index in [1.165, 1.54) is 0 Å². The Morgan fingerprint density at radius 1 is 1.38 bits per heavy atom. The number of amides is 1. The molecule has 0 aliphatic carbocycles. The summed E-state index contributed by atoms with van der Waals surface area (Å²) in [6, 6.07) is 11.1. The first-order valence-corrected chi connectivity index (χ1v) is 7.99. The van der Waals surface area contributed by atoms with Crippen molar-refractivity contribution in [3.63, 3.8) is 0 Å². The number of pyridine rings is 1. The third-order valence-corrected chi connectivity index (χ3v) is 3.78. The average molecular weight is 324 g/mol. The van der Waals surface area contributed by atoms with E-state index in [1.54, 1.807) is 6.20 Å². The first kappa shape index (κ1) is 16.1. The summed E-state index contributed by atoms with van der Waals surface area (Å²) in [5, 5.41) is 2.96. The molecule has 1 N–H and O–H groups in total. The van der Waals surface area contributed by atoms with Crippen molar-refractivity contribution in [2.24, 2.45) is 0 Å². The number of nitrogens with zero attached hydrogens (tertiary/aromatic N) is 1. The maximum absolute atomic E-state index is 12.5. The zero-order chi connectivity index (χ0) is 16.9. The van der Waals surface area contributed by atoms with Gasteiger partial charge in [0.15, 0.2) is 0 Å². The van der Waals surface area contributed by atoms with Crippen LogP contribution in [-0.2, 0) is 4.79 Å². The summed E-state index contributed by atoms with van der Waals surface area (Å²) in [6.45, 7) is 4.69. The third kappa shape index (κ3) is 3.56. The lowest BCUT2D eigenvalue weighted by molar-refractivity contribution is -0.118. The topological polar surface area (TPSA) is 60.5 Å². The quantitative estimate of drug-likeness (QED) is 0.918. The Labute approximate surface area is 141 Å². The Balaban J connectivity index is 1.75. The van der Waals surface area contributed by atoms with Crippen molar-refractivity contribution in [2.45, 2.75) is 19.9 Å². The van der Waals surface area contributed by atoms with Crippen LogP contribution in [0.1, 0.15) is 31.1 Å². The molecule has 0 spiro atoms. The molecule has 0 saturated carbocycles. The molecule has 1 amide bonds. The summed E-state index contributed by atoms with van der Waals surface area (Å²) < 4.78 is 11.2. The molecule has 5 heteroatoms. The predicted molar refractivity (Wildman–Crippen MR) is 91.9 cm³/mol. The van der Waals surface area contributed by atoms with Crippen molar-refractivity contribution in [3.05, 3.63) is 59.4 Å². The number of hydrogen-bond donors (Lipinski definition) is 1. The summed E-state index contributed by atoms with van der Waals surface area (Å²) in [4.78, 5) is 16.7. The molecule has 0 radical (unpaired) electrons. The van der Waals surface area contributed by atoms with Crippen molar-refractivity contribution in [1.29, 1.82) is 0 Å². The lowest BCUT2D eigenvalue weighted by Gasteiger charge is -2.20. The van der Waals surface area contributed by atoms with Gasteiger partial charge in [-0.05, 0) is 50.3 Å². The lowest BCUT2D eigenvalue weighted by Crippen LogP contribution is -2.31. The van der Waals surface area contributed by atoms with Gasteiger partial charge in [-0.15, -0.1) is 0 Å². The highest BCUT2D eigenvalue weighted by atomic mass is 16.5. The van der Waals surface area contributed by atoms with Gasteiger partial charge in [-0.1, -0.05) is 6.07 Å². The summed E-state index contributed by atoms with van der Waals surface area (Å²) in [7, 11) is 0. The number of rotatable bonds is 5. The van der Waals surface area contributed by atoms with Crippen LogP contribution in [0.3, 0.4) is 0 Å². The Bertz CT molecular complexity index is 756. The third-order valence-electron chi connectivity index (χ3n) is 3.78. The number of hydrogen-bond acceptors (Lipinski definition) is 4. The van der Waals surface area contributed by atoms with Crippen LogP contribution >= 0.6 is 0 Å². The van der Waals surface area contributed by atoms with Gasteiger partial charge < -0.3 is 14.8 Å². The molecule has 1 atom stereocenters. The van der Waals surface area contributed by atoms with Crippen LogP contribution in [0.4, 0.5) is 0 Å². The Morgan fingerprint density at radius 3 is 3.00 bits per heavy atom. The normalized spacial score (nSPS) is 14.0. The van der Waals surface area contributed by atoms with E-state index in [2.05, 4.69) is 10.3 Å². The molecule has 24 heavy (non-hydrogen) atoms. The van der Waals surface area contributed by atoms with Crippen LogP contribution < -0.4 is 14.8 Å². The number of carbonyl (C=O) groups excluding carboxylic acids is 1. The van der Waals surface area contributed by atoms with Crippen molar-refractivity contribution in [3.8, 4) is 11.5 Å². The van der Waals surface area contributed by atoms with Crippen LogP contribution in [-0.4, -0.2) is 24.1 Å². The number of ether oxygens (including phenoxy) is 2. The minimum atomic E-state index is -0.171. The molecule has 2 aromatic rings. The Kier molecular flexibility index (Phi) is 4.79. The van der Waals surface area contributed by atoms with E-state index in [9.17, 15) is 4.79 Å². The second kappa shape index (κ2) is 7.17. The predicted octanol–water partition coefficient (Wildman–Crippen LogP) is 3.13. The molecule has 1 aromatic carbocycles. The van der Waals surface area contributed by atoms with Crippen molar-refractivity contribution in [2.75, 3.05) is 13.2 Å². The Hall–Kier alpha value is -2.82. The smallest absolute Gasteiger partial charge is 0.251 e. The highest BCUT2D eigenvalue weighted by Crippen LogP contribution is 2.30. The number of carbonyl (C=O) groups is 1. The fourth-order valence-electron chi connectivity index (χ4n) is 2.54. The van der Waals surface area contributed by atoms with Gasteiger partial charge in [0.05, 0.1) is 23.9 Å². The molecule has 0 bridgehead atoms. The van der Waals surface area contributed by atoms with E-state index in [-0.39, 0.29) is 18.6 Å². The molecule has 0 fully saturated rings. The average Bonchev–Trinajstić information content (AvgIpc) is 2.62. The van der Waals surface area contributed by atoms with Gasteiger partial charge in [0.2, 0.25) is 0 Å².